The Morgan fingerprint density at radius 1 is 1.20 bits per heavy atom. The zero-order chi connectivity index (χ0) is 15.7. The lowest BCUT2D eigenvalue weighted by molar-refractivity contribution is -0.160. The number of carboxylic acids is 1. The zero-order valence-electron chi connectivity index (χ0n) is 11.8. The summed E-state index contributed by atoms with van der Waals surface area (Å²) >= 11 is 0. The molecule has 1 aromatic carbocycles. The fourth-order valence-corrected chi connectivity index (χ4v) is 2.40. The largest absolute Gasteiger partial charge is 0.479 e. The van der Waals surface area contributed by atoms with Crippen molar-refractivity contribution in [1.82, 2.24) is 4.90 Å². The molecule has 1 atom stereocenters. The number of halogens is 2. The number of carboxylic acid groups (broad SMARTS) is 1. The van der Waals surface area contributed by atoms with Crippen LogP contribution in [-0.4, -0.2) is 27.9 Å². The van der Waals surface area contributed by atoms with Gasteiger partial charge in [-0.2, -0.15) is 0 Å². The number of aliphatic carboxylic acids is 1. The Bertz CT molecular complexity index is 525. The van der Waals surface area contributed by atoms with Crippen LogP contribution in [0.2, 0.25) is 0 Å². The number of benzene rings is 1. The molecule has 1 rings (SSSR count). The Kier molecular flexibility index (Phi) is 4.47. The second-order valence-electron chi connectivity index (χ2n) is 5.02. The fourth-order valence-electron chi connectivity index (χ4n) is 2.40. The molecule has 1 amide bonds. The van der Waals surface area contributed by atoms with Crippen LogP contribution in [0.3, 0.4) is 0 Å². The molecule has 0 saturated carbocycles. The predicted octanol–water partition coefficient (Wildman–Crippen LogP) is 2.52. The Balaban J connectivity index is 3.55. The molecule has 1 unspecified atom stereocenters. The smallest absolute Gasteiger partial charge is 0.334 e. The number of carbonyl (C=O) groups is 2. The SMILES string of the molecule is CC(=O)N(C(C)C)C(C)(C(=O)O)c1cc(F)cc(F)c1. The number of hydrogen-bond donors (Lipinski definition) is 1. The maximum Gasteiger partial charge on any atom is 0.334 e. The van der Waals surface area contributed by atoms with Gasteiger partial charge in [0, 0.05) is 19.0 Å². The van der Waals surface area contributed by atoms with Crippen molar-refractivity contribution in [3.8, 4) is 0 Å². The van der Waals surface area contributed by atoms with Crippen LogP contribution < -0.4 is 0 Å². The molecule has 1 aromatic rings. The molecule has 6 heteroatoms. The summed E-state index contributed by atoms with van der Waals surface area (Å²) in [6.07, 6.45) is 0. The molecule has 1 N–H and O–H groups in total. The van der Waals surface area contributed by atoms with Crippen molar-refractivity contribution >= 4 is 11.9 Å². The van der Waals surface area contributed by atoms with Crippen LogP contribution in [0.15, 0.2) is 18.2 Å². The average molecular weight is 285 g/mol. The molecular formula is C14H17F2NO3. The maximum absolute atomic E-state index is 13.4. The molecule has 0 aromatic heterocycles. The van der Waals surface area contributed by atoms with Gasteiger partial charge in [-0.1, -0.05) is 0 Å². The van der Waals surface area contributed by atoms with Crippen molar-refractivity contribution in [1.29, 1.82) is 0 Å². The molecule has 20 heavy (non-hydrogen) atoms. The quantitative estimate of drug-likeness (QED) is 0.924. The Hall–Kier alpha value is -1.98. The first-order chi connectivity index (χ1) is 9.10. The van der Waals surface area contributed by atoms with Gasteiger partial charge in [-0.15, -0.1) is 0 Å². The number of hydrogen-bond acceptors (Lipinski definition) is 2. The molecule has 110 valence electrons. The minimum Gasteiger partial charge on any atom is -0.479 e. The lowest BCUT2D eigenvalue weighted by Gasteiger charge is -2.40. The van der Waals surface area contributed by atoms with Gasteiger partial charge in [-0.05, 0) is 38.5 Å². The lowest BCUT2D eigenvalue weighted by atomic mass is 9.88. The van der Waals surface area contributed by atoms with Crippen LogP contribution in [0.1, 0.15) is 33.3 Å². The molecule has 0 saturated heterocycles. The van der Waals surface area contributed by atoms with E-state index in [-0.39, 0.29) is 5.56 Å². The summed E-state index contributed by atoms with van der Waals surface area (Å²) in [5.41, 5.74) is -1.96. The molecule has 0 aliphatic carbocycles. The van der Waals surface area contributed by atoms with Crippen molar-refractivity contribution in [3.63, 3.8) is 0 Å². The standard InChI is InChI=1S/C14H17F2NO3/c1-8(2)17(9(3)18)14(4,13(19)20)10-5-11(15)7-12(16)6-10/h5-8H,1-4H3,(H,19,20). The summed E-state index contributed by atoms with van der Waals surface area (Å²) < 4.78 is 26.7. The number of carbonyl (C=O) groups excluding carboxylic acids is 1. The van der Waals surface area contributed by atoms with Crippen LogP contribution in [0.25, 0.3) is 0 Å². The second kappa shape index (κ2) is 5.56. The van der Waals surface area contributed by atoms with Crippen molar-refractivity contribution in [2.24, 2.45) is 0 Å². The van der Waals surface area contributed by atoms with Gasteiger partial charge in [0.1, 0.15) is 11.6 Å². The van der Waals surface area contributed by atoms with Gasteiger partial charge < -0.3 is 10.0 Å². The van der Waals surface area contributed by atoms with Crippen LogP contribution >= 0.6 is 0 Å². The Morgan fingerprint density at radius 2 is 1.65 bits per heavy atom. The van der Waals surface area contributed by atoms with Crippen molar-refractivity contribution in [3.05, 3.63) is 35.4 Å². The van der Waals surface area contributed by atoms with Gasteiger partial charge in [0.15, 0.2) is 5.54 Å². The van der Waals surface area contributed by atoms with Crippen molar-refractivity contribution < 1.29 is 23.5 Å². The van der Waals surface area contributed by atoms with E-state index in [1.807, 2.05) is 0 Å². The minimum atomic E-state index is -1.84. The highest BCUT2D eigenvalue weighted by Crippen LogP contribution is 2.32. The second-order valence-corrected chi connectivity index (χ2v) is 5.02. The monoisotopic (exact) mass is 285 g/mol. The average Bonchev–Trinajstić information content (AvgIpc) is 2.25. The molecule has 0 aliphatic rings. The minimum absolute atomic E-state index is 0.119. The number of nitrogens with zero attached hydrogens (tertiary/aromatic N) is 1. The van der Waals surface area contributed by atoms with E-state index < -0.39 is 35.1 Å². The predicted molar refractivity (Wildman–Crippen MR) is 69.0 cm³/mol. The highest BCUT2D eigenvalue weighted by atomic mass is 19.1. The molecular weight excluding hydrogens is 268 g/mol. The van der Waals surface area contributed by atoms with Gasteiger partial charge in [0.25, 0.3) is 0 Å². The van der Waals surface area contributed by atoms with Gasteiger partial charge in [0.2, 0.25) is 5.91 Å². The summed E-state index contributed by atoms with van der Waals surface area (Å²) in [4.78, 5) is 24.5. The molecule has 0 heterocycles. The summed E-state index contributed by atoms with van der Waals surface area (Å²) in [6, 6.07) is 2.06. The third-order valence-corrected chi connectivity index (χ3v) is 3.18. The fraction of sp³-hybridized carbons (Fsp3) is 0.429. The van der Waals surface area contributed by atoms with E-state index in [0.29, 0.717) is 6.07 Å². The third-order valence-electron chi connectivity index (χ3n) is 3.18. The first-order valence-electron chi connectivity index (χ1n) is 6.10. The molecule has 0 radical (unpaired) electrons. The van der Waals surface area contributed by atoms with Crippen LogP contribution in [0.5, 0.6) is 0 Å². The van der Waals surface area contributed by atoms with Gasteiger partial charge in [0.05, 0.1) is 0 Å². The van der Waals surface area contributed by atoms with E-state index in [1.54, 1.807) is 13.8 Å². The first kappa shape index (κ1) is 16.1. The van der Waals surface area contributed by atoms with E-state index in [9.17, 15) is 23.5 Å². The Labute approximate surface area is 116 Å². The highest BCUT2D eigenvalue weighted by molar-refractivity contribution is 5.87. The van der Waals surface area contributed by atoms with Gasteiger partial charge in [-0.3, -0.25) is 4.79 Å². The van der Waals surface area contributed by atoms with Gasteiger partial charge >= 0.3 is 5.97 Å². The van der Waals surface area contributed by atoms with Crippen LogP contribution in [0.4, 0.5) is 8.78 Å². The van der Waals surface area contributed by atoms with Crippen LogP contribution in [0, 0.1) is 11.6 Å². The van der Waals surface area contributed by atoms with E-state index in [0.717, 1.165) is 17.0 Å². The van der Waals surface area contributed by atoms with Crippen molar-refractivity contribution in [2.45, 2.75) is 39.3 Å². The van der Waals surface area contributed by atoms with Gasteiger partial charge in [-0.25, -0.2) is 13.6 Å². The highest BCUT2D eigenvalue weighted by Gasteiger charge is 2.44. The summed E-state index contributed by atoms with van der Waals surface area (Å²) in [7, 11) is 0. The van der Waals surface area contributed by atoms with Crippen LogP contribution in [-0.2, 0) is 15.1 Å². The zero-order valence-corrected chi connectivity index (χ0v) is 11.8. The first-order valence-corrected chi connectivity index (χ1v) is 6.10. The van der Waals surface area contributed by atoms with E-state index in [1.165, 1.54) is 13.8 Å². The summed E-state index contributed by atoms with van der Waals surface area (Å²) in [5, 5.41) is 9.50. The molecule has 0 spiro atoms. The normalized spacial score (nSPS) is 13.9. The molecule has 0 aliphatic heterocycles. The topological polar surface area (TPSA) is 57.6 Å². The number of rotatable bonds is 4. The van der Waals surface area contributed by atoms with E-state index in [2.05, 4.69) is 0 Å². The van der Waals surface area contributed by atoms with E-state index >= 15 is 0 Å². The number of amides is 1. The Morgan fingerprint density at radius 3 is 1.95 bits per heavy atom. The van der Waals surface area contributed by atoms with E-state index in [4.69, 9.17) is 0 Å². The molecule has 0 fully saturated rings. The maximum atomic E-state index is 13.4. The lowest BCUT2D eigenvalue weighted by Crippen LogP contribution is -2.55. The van der Waals surface area contributed by atoms with Crippen molar-refractivity contribution in [2.75, 3.05) is 0 Å². The molecule has 0 bridgehead atoms. The third kappa shape index (κ3) is 2.79. The summed E-state index contributed by atoms with van der Waals surface area (Å²) in [6.45, 7) is 5.75. The molecule has 4 nitrogen and oxygen atoms in total. The summed E-state index contributed by atoms with van der Waals surface area (Å²) in [5.74, 6) is -3.62.